The van der Waals surface area contributed by atoms with Crippen molar-refractivity contribution in [3.05, 3.63) is 157 Å². The van der Waals surface area contributed by atoms with Gasteiger partial charge in [0.05, 0.1) is 11.0 Å². The van der Waals surface area contributed by atoms with Crippen molar-refractivity contribution in [2.75, 3.05) is 0 Å². The number of aromatic nitrogens is 3. The van der Waals surface area contributed by atoms with E-state index in [1.165, 1.54) is 59.7 Å². The van der Waals surface area contributed by atoms with Gasteiger partial charge in [-0.25, -0.2) is 9.97 Å². The van der Waals surface area contributed by atoms with Crippen LogP contribution in [0.25, 0.3) is 38.8 Å². The Morgan fingerprint density at radius 2 is 1.21 bits per heavy atom. The monoisotopic (exact) mass is 751 g/mol. The van der Waals surface area contributed by atoms with Gasteiger partial charge in [0.25, 0.3) is 0 Å². The first-order valence-corrected chi connectivity index (χ1v) is 16.3. The van der Waals surface area contributed by atoms with Crippen molar-refractivity contribution in [2.24, 2.45) is 0 Å². The average molecular weight is 754 g/mol. The maximum absolute atomic E-state index is 4.56. The van der Waals surface area contributed by atoms with E-state index in [0.29, 0.717) is 0 Å². The summed E-state index contributed by atoms with van der Waals surface area (Å²) < 4.78 is 5.37. The molecule has 8 rings (SSSR count). The highest BCUT2D eigenvalue weighted by atomic mass is 79.9. The van der Waals surface area contributed by atoms with E-state index >= 15 is 0 Å². The molecule has 43 heavy (non-hydrogen) atoms. The van der Waals surface area contributed by atoms with E-state index in [-0.39, 0.29) is 0 Å². The summed E-state index contributed by atoms with van der Waals surface area (Å²) in [5.74, 6) is 0.958. The number of halogens is 3. The molecule has 3 heterocycles. The molecule has 0 spiro atoms. The minimum atomic E-state index is 0.900. The highest BCUT2D eigenvalue weighted by molar-refractivity contribution is 9.11. The molecule has 0 amide bonds. The van der Waals surface area contributed by atoms with Gasteiger partial charge in [0.15, 0.2) is 0 Å². The second-order valence-corrected chi connectivity index (χ2v) is 13.1. The van der Waals surface area contributed by atoms with Crippen molar-refractivity contribution in [1.29, 1.82) is 0 Å². The predicted octanol–water partition coefficient (Wildman–Crippen LogP) is 11.4. The zero-order chi connectivity index (χ0) is 29.9. The van der Waals surface area contributed by atoms with E-state index in [9.17, 15) is 0 Å². The Hall–Kier alpha value is -3.58. The standard InChI is InChI=1S/C18H13BrN2.C13H9Br.C6H6BrN/c1-12-8-9-20-18(10-12)21-16-5-3-2-4-14(16)15-7-6-13(19)11-17(15)21;14-11-5-6-13-10(8-11)7-9-3-1-2-4-12(9)13;1-5-2-3-8-6(7)4-5/h2-11H,1H3;1-6,8H,7H2;2-4H,1H3. The third-order valence-corrected chi connectivity index (χ3v) is 8.82. The lowest BCUT2D eigenvalue weighted by molar-refractivity contribution is 1.07. The summed E-state index contributed by atoms with van der Waals surface area (Å²) >= 11 is 10.3. The Bertz CT molecular complexity index is 2060. The molecule has 3 aromatic heterocycles. The summed E-state index contributed by atoms with van der Waals surface area (Å²) in [6.45, 7) is 4.13. The third kappa shape index (κ3) is 6.52. The molecule has 0 saturated heterocycles. The first-order valence-electron chi connectivity index (χ1n) is 13.9. The number of nitrogens with zero attached hydrogens (tertiary/aromatic N) is 3. The van der Waals surface area contributed by atoms with E-state index in [2.05, 4.69) is 160 Å². The van der Waals surface area contributed by atoms with E-state index in [0.717, 1.165) is 21.3 Å². The number of pyridine rings is 2. The zero-order valence-electron chi connectivity index (χ0n) is 23.7. The zero-order valence-corrected chi connectivity index (χ0v) is 28.5. The van der Waals surface area contributed by atoms with Crippen molar-refractivity contribution in [1.82, 2.24) is 14.5 Å². The average Bonchev–Trinajstić information content (AvgIpc) is 3.52. The number of hydrogen-bond donors (Lipinski definition) is 0. The lowest BCUT2D eigenvalue weighted by Crippen LogP contribution is -1.97. The first-order chi connectivity index (χ1) is 20.9. The number of fused-ring (bicyclic) bond motifs is 6. The summed E-state index contributed by atoms with van der Waals surface area (Å²) in [6, 6.07) is 38.1. The molecule has 0 bridgehead atoms. The largest absolute Gasteiger partial charge is 0.294 e. The highest BCUT2D eigenvalue weighted by Crippen LogP contribution is 2.37. The predicted molar refractivity (Wildman–Crippen MR) is 190 cm³/mol. The molecule has 0 unspecified atom stereocenters. The van der Waals surface area contributed by atoms with Gasteiger partial charge in [0, 0.05) is 32.1 Å². The fourth-order valence-corrected chi connectivity index (χ4v) is 6.68. The lowest BCUT2D eigenvalue weighted by atomic mass is 10.1. The van der Waals surface area contributed by atoms with Gasteiger partial charge in [-0.2, -0.15) is 0 Å². The van der Waals surface area contributed by atoms with Crippen LogP contribution in [-0.2, 0) is 6.42 Å². The number of hydrogen-bond acceptors (Lipinski definition) is 2. The topological polar surface area (TPSA) is 30.7 Å². The Balaban J connectivity index is 0.000000128. The molecule has 0 fully saturated rings. The number of benzene rings is 4. The smallest absolute Gasteiger partial charge is 0.137 e. The fraction of sp³-hybridized carbons (Fsp3) is 0.0811. The molecule has 0 atom stereocenters. The van der Waals surface area contributed by atoms with Gasteiger partial charge >= 0.3 is 0 Å². The van der Waals surface area contributed by atoms with Crippen LogP contribution in [0.5, 0.6) is 0 Å². The van der Waals surface area contributed by atoms with Crippen molar-refractivity contribution >= 4 is 69.6 Å². The molecular weight excluding hydrogens is 726 g/mol. The van der Waals surface area contributed by atoms with E-state index in [1.54, 1.807) is 6.20 Å². The van der Waals surface area contributed by atoms with Gasteiger partial charge in [-0.3, -0.25) is 4.57 Å². The summed E-state index contributed by atoms with van der Waals surface area (Å²) in [5, 5.41) is 2.50. The van der Waals surface area contributed by atoms with Gasteiger partial charge in [-0.1, -0.05) is 86.5 Å². The second-order valence-electron chi connectivity index (χ2n) is 10.5. The molecule has 0 N–H and O–H groups in total. The minimum absolute atomic E-state index is 0.900. The van der Waals surface area contributed by atoms with Crippen LogP contribution < -0.4 is 0 Å². The number of rotatable bonds is 1. The number of aryl methyl sites for hydroxylation is 2. The van der Waals surface area contributed by atoms with Crippen molar-refractivity contribution in [3.63, 3.8) is 0 Å². The van der Waals surface area contributed by atoms with Gasteiger partial charge in [0.1, 0.15) is 10.4 Å². The van der Waals surface area contributed by atoms with Crippen LogP contribution in [0, 0.1) is 13.8 Å². The van der Waals surface area contributed by atoms with Crippen LogP contribution in [0.2, 0.25) is 0 Å². The normalized spacial score (nSPS) is 11.3. The molecule has 1 aliphatic carbocycles. The molecule has 7 aromatic rings. The van der Waals surface area contributed by atoms with Gasteiger partial charge in [-0.05, 0) is 124 Å². The lowest BCUT2D eigenvalue weighted by Gasteiger charge is -2.07. The molecule has 0 aliphatic heterocycles. The summed E-state index contributed by atoms with van der Waals surface area (Å²) in [7, 11) is 0. The molecule has 4 aromatic carbocycles. The summed E-state index contributed by atoms with van der Waals surface area (Å²) in [5.41, 5.74) is 10.5. The van der Waals surface area contributed by atoms with Crippen LogP contribution >= 0.6 is 47.8 Å². The Kier molecular flexibility index (Phi) is 8.89. The summed E-state index contributed by atoms with van der Waals surface area (Å²) in [6.07, 6.45) is 4.72. The molecular formula is C37H28Br3N3. The van der Waals surface area contributed by atoms with Crippen LogP contribution in [-0.4, -0.2) is 14.5 Å². The van der Waals surface area contributed by atoms with E-state index in [4.69, 9.17) is 0 Å². The molecule has 6 heteroatoms. The maximum atomic E-state index is 4.56. The van der Waals surface area contributed by atoms with E-state index < -0.39 is 0 Å². The van der Waals surface area contributed by atoms with Crippen molar-refractivity contribution < 1.29 is 0 Å². The fourth-order valence-electron chi connectivity index (χ4n) is 5.45. The molecule has 1 aliphatic rings. The second kappa shape index (κ2) is 13.0. The van der Waals surface area contributed by atoms with Gasteiger partial charge in [-0.15, -0.1) is 0 Å². The first kappa shape index (κ1) is 29.5. The highest BCUT2D eigenvalue weighted by Gasteiger charge is 2.17. The molecule has 3 nitrogen and oxygen atoms in total. The quantitative estimate of drug-likeness (QED) is 0.156. The van der Waals surface area contributed by atoms with Crippen LogP contribution in [0.15, 0.2) is 135 Å². The molecule has 212 valence electrons. The minimum Gasteiger partial charge on any atom is -0.294 e. The van der Waals surface area contributed by atoms with Gasteiger partial charge < -0.3 is 0 Å². The Labute approximate surface area is 277 Å². The Morgan fingerprint density at radius 1 is 0.558 bits per heavy atom. The van der Waals surface area contributed by atoms with Crippen molar-refractivity contribution in [2.45, 2.75) is 20.3 Å². The van der Waals surface area contributed by atoms with Crippen LogP contribution in [0.3, 0.4) is 0 Å². The van der Waals surface area contributed by atoms with Crippen LogP contribution in [0.4, 0.5) is 0 Å². The Morgan fingerprint density at radius 3 is 1.98 bits per heavy atom. The van der Waals surface area contributed by atoms with Gasteiger partial charge in [0.2, 0.25) is 0 Å². The molecule has 0 saturated carbocycles. The SMILES string of the molecule is Brc1ccc2c(c1)Cc1ccccc1-2.Cc1ccnc(-n2c3ccccc3c3ccc(Br)cc32)c1.Cc1ccnc(Br)c1. The number of para-hydroxylation sites is 1. The third-order valence-electron chi connectivity index (χ3n) is 7.40. The van der Waals surface area contributed by atoms with E-state index in [1.807, 2.05) is 31.3 Å². The van der Waals surface area contributed by atoms with Crippen LogP contribution in [0.1, 0.15) is 22.3 Å². The maximum Gasteiger partial charge on any atom is 0.137 e. The molecule has 0 radical (unpaired) electrons. The summed E-state index contributed by atoms with van der Waals surface area (Å²) in [4.78, 5) is 8.52. The van der Waals surface area contributed by atoms with Crippen molar-refractivity contribution in [3.8, 4) is 16.9 Å².